The molecule has 1 aromatic heterocycles. The van der Waals surface area contributed by atoms with E-state index in [1.165, 1.54) is 5.69 Å². The molecule has 1 aromatic rings. The van der Waals surface area contributed by atoms with Crippen LogP contribution in [-0.2, 0) is 7.05 Å². The van der Waals surface area contributed by atoms with E-state index in [1.807, 2.05) is 17.9 Å². The van der Waals surface area contributed by atoms with Crippen LogP contribution in [0.1, 0.15) is 46.4 Å². The maximum Gasteiger partial charge on any atom is 0.0547 e. The molecule has 86 valence electrons. The number of nitrogens with one attached hydrogen (secondary N) is 1. The summed E-state index contributed by atoms with van der Waals surface area (Å²) in [7, 11) is 1.98. The third-order valence-corrected chi connectivity index (χ3v) is 3.10. The van der Waals surface area contributed by atoms with Gasteiger partial charge in [0.05, 0.1) is 5.69 Å². The smallest absolute Gasteiger partial charge is 0.0547 e. The fourth-order valence-electron chi connectivity index (χ4n) is 1.52. The zero-order chi connectivity index (χ0) is 11.6. The maximum atomic E-state index is 4.18. The third kappa shape index (κ3) is 3.06. The predicted octanol–water partition coefficient (Wildman–Crippen LogP) is 2.51. The van der Waals surface area contributed by atoms with Crippen LogP contribution >= 0.6 is 0 Å². The Hall–Kier alpha value is -0.830. The molecule has 1 N–H and O–H groups in total. The molecule has 0 saturated heterocycles. The predicted molar refractivity (Wildman–Crippen MR) is 63.7 cm³/mol. The van der Waals surface area contributed by atoms with Gasteiger partial charge in [0.25, 0.3) is 0 Å². The van der Waals surface area contributed by atoms with Crippen LogP contribution in [-0.4, -0.2) is 15.8 Å². The summed E-state index contributed by atoms with van der Waals surface area (Å²) in [6.45, 7) is 11.2. The molecule has 0 fully saturated rings. The quantitative estimate of drug-likeness (QED) is 0.829. The van der Waals surface area contributed by atoms with Crippen molar-refractivity contribution in [1.82, 2.24) is 15.1 Å². The van der Waals surface area contributed by atoms with Gasteiger partial charge in [0.15, 0.2) is 0 Å². The Labute approximate surface area is 92.9 Å². The van der Waals surface area contributed by atoms with E-state index in [0.29, 0.717) is 12.1 Å². The van der Waals surface area contributed by atoms with Crippen molar-refractivity contribution in [2.24, 2.45) is 12.5 Å². The van der Waals surface area contributed by atoms with Gasteiger partial charge in [-0.3, -0.25) is 4.68 Å². The largest absolute Gasteiger partial charge is 0.306 e. The van der Waals surface area contributed by atoms with Crippen LogP contribution in [0.25, 0.3) is 0 Å². The summed E-state index contributed by atoms with van der Waals surface area (Å²) in [6.07, 6.45) is 1.84. The summed E-state index contributed by atoms with van der Waals surface area (Å²) in [5.41, 5.74) is 1.51. The topological polar surface area (TPSA) is 29.9 Å². The second kappa shape index (κ2) is 4.35. The van der Waals surface area contributed by atoms with E-state index in [1.54, 1.807) is 0 Å². The summed E-state index contributed by atoms with van der Waals surface area (Å²) >= 11 is 0. The van der Waals surface area contributed by atoms with Crippen molar-refractivity contribution in [3.05, 3.63) is 18.0 Å². The second-order valence-corrected chi connectivity index (χ2v) is 5.36. The SMILES string of the molecule is CC(NC(C)C(C)(C)C)c1ccnn1C. The summed E-state index contributed by atoms with van der Waals surface area (Å²) in [5, 5.41) is 7.79. The summed E-state index contributed by atoms with van der Waals surface area (Å²) in [5.74, 6) is 0. The first-order valence-electron chi connectivity index (χ1n) is 5.56. The van der Waals surface area contributed by atoms with Crippen molar-refractivity contribution < 1.29 is 0 Å². The molecule has 0 bridgehead atoms. The minimum atomic E-state index is 0.285. The first-order chi connectivity index (χ1) is 6.82. The monoisotopic (exact) mass is 209 g/mol. The van der Waals surface area contributed by atoms with Crippen molar-refractivity contribution in [1.29, 1.82) is 0 Å². The summed E-state index contributed by atoms with van der Waals surface area (Å²) in [4.78, 5) is 0. The van der Waals surface area contributed by atoms with Gasteiger partial charge in [0, 0.05) is 25.3 Å². The highest BCUT2D eigenvalue weighted by molar-refractivity contribution is 5.05. The molecule has 0 aromatic carbocycles. The number of aryl methyl sites for hydroxylation is 1. The normalized spacial score (nSPS) is 16.4. The standard InChI is InChI=1S/C12H23N3/c1-9(11-7-8-13-15(11)6)14-10(2)12(3,4)5/h7-10,14H,1-6H3. The minimum Gasteiger partial charge on any atom is -0.306 e. The Balaban J connectivity index is 2.64. The lowest BCUT2D eigenvalue weighted by Crippen LogP contribution is -2.39. The Morgan fingerprint density at radius 1 is 1.33 bits per heavy atom. The number of nitrogens with zero attached hydrogens (tertiary/aromatic N) is 2. The number of hydrogen-bond acceptors (Lipinski definition) is 2. The highest BCUT2D eigenvalue weighted by Gasteiger charge is 2.22. The van der Waals surface area contributed by atoms with Crippen molar-refractivity contribution in [2.45, 2.75) is 46.7 Å². The third-order valence-electron chi connectivity index (χ3n) is 3.10. The molecule has 2 atom stereocenters. The molecule has 0 aliphatic rings. The molecule has 0 saturated carbocycles. The van der Waals surface area contributed by atoms with E-state index >= 15 is 0 Å². The van der Waals surface area contributed by atoms with Gasteiger partial charge in [-0.1, -0.05) is 20.8 Å². The van der Waals surface area contributed by atoms with E-state index in [4.69, 9.17) is 0 Å². The fourth-order valence-corrected chi connectivity index (χ4v) is 1.52. The lowest BCUT2D eigenvalue weighted by Gasteiger charge is -2.31. The molecule has 1 heterocycles. The molecule has 15 heavy (non-hydrogen) atoms. The van der Waals surface area contributed by atoms with Gasteiger partial charge in [0.1, 0.15) is 0 Å². The Bertz CT molecular complexity index is 309. The molecule has 0 aliphatic heterocycles. The number of aromatic nitrogens is 2. The maximum absolute atomic E-state index is 4.18. The van der Waals surface area contributed by atoms with Crippen LogP contribution in [0.4, 0.5) is 0 Å². The van der Waals surface area contributed by atoms with Crippen LogP contribution in [0.2, 0.25) is 0 Å². The zero-order valence-corrected chi connectivity index (χ0v) is 10.7. The van der Waals surface area contributed by atoms with Crippen LogP contribution in [0.5, 0.6) is 0 Å². The van der Waals surface area contributed by atoms with Gasteiger partial charge in [-0.05, 0) is 25.3 Å². The highest BCUT2D eigenvalue weighted by Crippen LogP contribution is 2.22. The summed E-state index contributed by atoms with van der Waals surface area (Å²) < 4.78 is 1.92. The van der Waals surface area contributed by atoms with Crippen LogP contribution in [0.3, 0.4) is 0 Å². The molecule has 0 radical (unpaired) electrons. The van der Waals surface area contributed by atoms with Crippen LogP contribution < -0.4 is 5.32 Å². The highest BCUT2D eigenvalue weighted by atomic mass is 15.3. The van der Waals surface area contributed by atoms with Gasteiger partial charge in [-0.2, -0.15) is 5.10 Å². The molecule has 1 rings (SSSR count). The molecule has 3 nitrogen and oxygen atoms in total. The zero-order valence-electron chi connectivity index (χ0n) is 10.7. The molecule has 2 unspecified atom stereocenters. The van der Waals surface area contributed by atoms with Crippen molar-refractivity contribution in [2.75, 3.05) is 0 Å². The first kappa shape index (κ1) is 12.2. The molecule has 0 amide bonds. The fraction of sp³-hybridized carbons (Fsp3) is 0.750. The van der Waals surface area contributed by atoms with E-state index in [2.05, 4.69) is 51.1 Å². The van der Waals surface area contributed by atoms with Gasteiger partial charge in [0.2, 0.25) is 0 Å². The van der Waals surface area contributed by atoms with Crippen molar-refractivity contribution in [3.8, 4) is 0 Å². The van der Waals surface area contributed by atoms with E-state index in [-0.39, 0.29) is 5.41 Å². The van der Waals surface area contributed by atoms with Crippen LogP contribution in [0, 0.1) is 5.41 Å². The Morgan fingerprint density at radius 2 is 1.93 bits per heavy atom. The molecule has 3 heteroatoms. The Kier molecular flexibility index (Phi) is 3.55. The average Bonchev–Trinajstić information content (AvgIpc) is 2.49. The average molecular weight is 209 g/mol. The number of hydrogen-bond donors (Lipinski definition) is 1. The van der Waals surface area contributed by atoms with Crippen LogP contribution in [0.15, 0.2) is 12.3 Å². The lowest BCUT2D eigenvalue weighted by atomic mass is 9.87. The molecular weight excluding hydrogens is 186 g/mol. The van der Waals surface area contributed by atoms with Crippen molar-refractivity contribution in [3.63, 3.8) is 0 Å². The Morgan fingerprint density at radius 3 is 2.33 bits per heavy atom. The molecular formula is C12H23N3. The molecule has 0 spiro atoms. The second-order valence-electron chi connectivity index (χ2n) is 5.36. The van der Waals surface area contributed by atoms with E-state index < -0.39 is 0 Å². The van der Waals surface area contributed by atoms with E-state index in [9.17, 15) is 0 Å². The van der Waals surface area contributed by atoms with Crippen molar-refractivity contribution >= 4 is 0 Å². The van der Waals surface area contributed by atoms with Gasteiger partial charge in [-0.15, -0.1) is 0 Å². The molecule has 0 aliphatic carbocycles. The van der Waals surface area contributed by atoms with Gasteiger partial charge in [-0.25, -0.2) is 0 Å². The summed E-state index contributed by atoms with van der Waals surface area (Å²) in [6, 6.07) is 2.88. The minimum absolute atomic E-state index is 0.285. The first-order valence-corrected chi connectivity index (χ1v) is 5.56. The van der Waals surface area contributed by atoms with E-state index in [0.717, 1.165) is 0 Å². The number of rotatable bonds is 3. The van der Waals surface area contributed by atoms with Gasteiger partial charge < -0.3 is 5.32 Å². The lowest BCUT2D eigenvalue weighted by molar-refractivity contribution is 0.265. The van der Waals surface area contributed by atoms with Gasteiger partial charge >= 0.3 is 0 Å².